The fourth-order valence-corrected chi connectivity index (χ4v) is 4.37. The van der Waals surface area contributed by atoms with E-state index in [1.54, 1.807) is 11.8 Å². The molecule has 26 heavy (non-hydrogen) atoms. The van der Waals surface area contributed by atoms with E-state index in [-0.39, 0.29) is 16.7 Å². The lowest BCUT2D eigenvalue weighted by atomic mass is 9.87. The van der Waals surface area contributed by atoms with Crippen LogP contribution in [0.25, 0.3) is 0 Å². The van der Waals surface area contributed by atoms with Crippen molar-refractivity contribution in [3.05, 3.63) is 65.2 Å². The molecular formula is C22H27NO2S. The Labute approximate surface area is 160 Å². The van der Waals surface area contributed by atoms with Gasteiger partial charge in [-0.3, -0.25) is 4.79 Å². The first kappa shape index (κ1) is 18.8. The maximum Gasteiger partial charge on any atom is 0.234 e. The summed E-state index contributed by atoms with van der Waals surface area (Å²) in [6, 6.07) is 16.7. The van der Waals surface area contributed by atoms with Crippen molar-refractivity contribution in [1.29, 1.82) is 0 Å². The lowest BCUT2D eigenvalue weighted by Crippen LogP contribution is -2.28. The largest absolute Gasteiger partial charge is 0.493 e. The molecule has 0 N–H and O–H groups in total. The fraction of sp³-hybridized carbons (Fsp3) is 0.409. The minimum absolute atomic E-state index is 0.00698. The molecule has 4 heteroatoms. The number of hydrogen-bond acceptors (Lipinski definition) is 3. The van der Waals surface area contributed by atoms with Crippen molar-refractivity contribution in [3.63, 3.8) is 0 Å². The van der Waals surface area contributed by atoms with Gasteiger partial charge < -0.3 is 9.64 Å². The molecule has 1 aliphatic rings. The molecule has 1 saturated heterocycles. The summed E-state index contributed by atoms with van der Waals surface area (Å²) in [5.41, 5.74) is 3.68. The zero-order valence-corrected chi connectivity index (χ0v) is 16.8. The number of benzene rings is 2. The second-order valence-corrected chi connectivity index (χ2v) is 8.67. The summed E-state index contributed by atoms with van der Waals surface area (Å²) in [5, 5.41) is 0.00698. The van der Waals surface area contributed by atoms with E-state index in [1.165, 1.54) is 5.56 Å². The third kappa shape index (κ3) is 4.07. The summed E-state index contributed by atoms with van der Waals surface area (Å²) in [7, 11) is 0. The molecule has 1 aliphatic heterocycles. The van der Waals surface area contributed by atoms with Crippen LogP contribution in [0, 0.1) is 0 Å². The smallest absolute Gasteiger partial charge is 0.234 e. The molecule has 3 rings (SSSR count). The van der Waals surface area contributed by atoms with Gasteiger partial charge in [0.05, 0.1) is 12.4 Å². The number of hydrogen-bond donors (Lipinski definition) is 0. The van der Waals surface area contributed by atoms with E-state index in [9.17, 15) is 4.79 Å². The Morgan fingerprint density at radius 1 is 1.12 bits per heavy atom. The van der Waals surface area contributed by atoms with Gasteiger partial charge in [0, 0.05) is 12.1 Å². The average Bonchev–Trinajstić information content (AvgIpc) is 2.96. The third-order valence-corrected chi connectivity index (χ3v) is 5.86. The molecule has 0 aromatic heterocycles. The summed E-state index contributed by atoms with van der Waals surface area (Å²) in [4.78, 5) is 14.5. The quantitative estimate of drug-likeness (QED) is 0.729. The van der Waals surface area contributed by atoms with Crippen LogP contribution in [0.2, 0.25) is 0 Å². The lowest BCUT2D eigenvalue weighted by molar-refractivity contribution is -0.128. The molecule has 1 heterocycles. The van der Waals surface area contributed by atoms with Crippen molar-refractivity contribution in [1.82, 2.24) is 4.90 Å². The highest BCUT2D eigenvalue weighted by molar-refractivity contribution is 8.00. The Balaban J connectivity index is 1.83. The molecule has 1 atom stereocenters. The van der Waals surface area contributed by atoms with Crippen LogP contribution < -0.4 is 4.74 Å². The topological polar surface area (TPSA) is 29.5 Å². The van der Waals surface area contributed by atoms with E-state index < -0.39 is 0 Å². The highest BCUT2D eigenvalue weighted by atomic mass is 32.2. The van der Waals surface area contributed by atoms with E-state index in [1.807, 2.05) is 30.0 Å². The first-order chi connectivity index (χ1) is 12.4. The van der Waals surface area contributed by atoms with Crippen molar-refractivity contribution in [3.8, 4) is 5.75 Å². The van der Waals surface area contributed by atoms with Crippen LogP contribution >= 0.6 is 11.8 Å². The standard InChI is InChI=1S/C22H27NO2S/c1-5-25-19-9-7-6-8-18(19)21-23(20(24)15-26-21)14-16-10-12-17(13-11-16)22(2,3)4/h6-13,21H,5,14-15H2,1-4H3. The molecule has 3 nitrogen and oxygen atoms in total. The Morgan fingerprint density at radius 2 is 1.81 bits per heavy atom. The summed E-state index contributed by atoms with van der Waals surface area (Å²) < 4.78 is 5.79. The van der Waals surface area contributed by atoms with Gasteiger partial charge >= 0.3 is 0 Å². The Bertz CT molecular complexity index is 764. The number of carbonyl (C=O) groups is 1. The van der Waals surface area contributed by atoms with Crippen LogP contribution in [0.3, 0.4) is 0 Å². The van der Waals surface area contributed by atoms with Crippen molar-refractivity contribution >= 4 is 17.7 Å². The average molecular weight is 370 g/mol. The highest BCUT2D eigenvalue weighted by Gasteiger charge is 2.34. The van der Waals surface area contributed by atoms with E-state index in [0.29, 0.717) is 18.9 Å². The molecule has 0 spiro atoms. The Morgan fingerprint density at radius 3 is 2.46 bits per heavy atom. The first-order valence-corrected chi connectivity index (χ1v) is 10.2. The number of carbonyl (C=O) groups excluding carboxylic acids is 1. The van der Waals surface area contributed by atoms with Gasteiger partial charge in [-0.1, -0.05) is 63.2 Å². The molecular weight excluding hydrogens is 342 g/mol. The third-order valence-electron chi connectivity index (χ3n) is 4.63. The molecule has 2 aromatic carbocycles. The molecule has 1 amide bonds. The number of rotatable bonds is 5. The number of para-hydroxylation sites is 1. The van der Waals surface area contributed by atoms with Crippen LogP contribution in [-0.4, -0.2) is 23.2 Å². The van der Waals surface area contributed by atoms with E-state index >= 15 is 0 Å². The van der Waals surface area contributed by atoms with E-state index in [4.69, 9.17) is 4.74 Å². The van der Waals surface area contributed by atoms with Crippen LogP contribution in [-0.2, 0) is 16.8 Å². The minimum Gasteiger partial charge on any atom is -0.493 e. The minimum atomic E-state index is 0.00698. The molecule has 0 bridgehead atoms. The lowest BCUT2D eigenvalue weighted by Gasteiger charge is -2.26. The fourth-order valence-electron chi connectivity index (χ4n) is 3.16. The van der Waals surface area contributed by atoms with Gasteiger partial charge in [0.25, 0.3) is 0 Å². The van der Waals surface area contributed by atoms with Crippen LogP contribution in [0.1, 0.15) is 49.8 Å². The van der Waals surface area contributed by atoms with Gasteiger partial charge in [-0.25, -0.2) is 0 Å². The van der Waals surface area contributed by atoms with Crippen molar-refractivity contribution in [2.45, 2.75) is 45.0 Å². The van der Waals surface area contributed by atoms with Gasteiger partial charge in [-0.05, 0) is 29.5 Å². The second kappa shape index (κ2) is 7.75. The number of ether oxygens (including phenoxy) is 1. The molecule has 0 saturated carbocycles. The maximum absolute atomic E-state index is 12.5. The summed E-state index contributed by atoms with van der Waals surface area (Å²) in [6.45, 7) is 9.87. The summed E-state index contributed by atoms with van der Waals surface area (Å²) >= 11 is 1.67. The van der Waals surface area contributed by atoms with Gasteiger partial charge in [0.1, 0.15) is 11.1 Å². The van der Waals surface area contributed by atoms with Crippen molar-refractivity contribution < 1.29 is 9.53 Å². The van der Waals surface area contributed by atoms with Crippen LogP contribution in [0.4, 0.5) is 0 Å². The number of nitrogens with zero attached hydrogens (tertiary/aromatic N) is 1. The predicted octanol–water partition coefficient (Wildman–Crippen LogP) is 5.16. The second-order valence-electron chi connectivity index (χ2n) is 7.60. The summed E-state index contributed by atoms with van der Waals surface area (Å²) in [6.07, 6.45) is 0. The SMILES string of the molecule is CCOc1ccccc1C1SCC(=O)N1Cc1ccc(C(C)(C)C)cc1. The monoisotopic (exact) mass is 369 g/mol. The maximum atomic E-state index is 12.5. The Hall–Kier alpha value is -1.94. The molecule has 1 fully saturated rings. The van der Waals surface area contributed by atoms with E-state index in [0.717, 1.165) is 16.9 Å². The van der Waals surface area contributed by atoms with Crippen LogP contribution in [0.15, 0.2) is 48.5 Å². The van der Waals surface area contributed by atoms with Gasteiger partial charge in [0.2, 0.25) is 5.91 Å². The van der Waals surface area contributed by atoms with Crippen molar-refractivity contribution in [2.75, 3.05) is 12.4 Å². The zero-order chi connectivity index (χ0) is 18.7. The van der Waals surface area contributed by atoms with Crippen molar-refractivity contribution in [2.24, 2.45) is 0 Å². The normalized spacial score (nSPS) is 17.6. The molecule has 138 valence electrons. The zero-order valence-electron chi connectivity index (χ0n) is 16.0. The van der Waals surface area contributed by atoms with Gasteiger partial charge in [-0.2, -0.15) is 0 Å². The molecule has 1 unspecified atom stereocenters. The predicted molar refractivity (Wildman–Crippen MR) is 109 cm³/mol. The highest BCUT2D eigenvalue weighted by Crippen LogP contribution is 2.43. The molecule has 0 aliphatic carbocycles. The molecule has 0 radical (unpaired) electrons. The Kier molecular flexibility index (Phi) is 5.61. The number of thioether (sulfide) groups is 1. The van der Waals surface area contributed by atoms with Gasteiger partial charge in [0.15, 0.2) is 0 Å². The molecule has 2 aromatic rings. The van der Waals surface area contributed by atoms with E-state index in [2.05, 4.69) is 51.1 Å². The summed E-state index contributed by atoms with van der Waals surface area (Å²) in [5.74, 6) is 1.58. The van der Waals surface area contributed by atoms with Gasteiger partial charge in [-0.15, -0.1) is 11.8 Å². The number of amides is 1. The van der Waals surface area contributed by atoms with Crippen LogP contribution in [0.5, 0.6) is 5.75 Å². The first-order valence-electron chi connectivity index (χ1n) is 9.12.